The van der Waals surface area contributed by atoms with Gasteiger partial charge in [0.05, 0.1) is 35.5 Å². The van der Waals surface area contributed by atoms with Crippen molar-refractivity contribution in [1.82, 2.24) is 4.98 Å². The first kappa shape index (κ1) is 29.7. The van der Waals surface area contributed by atoms with Gasteiger partial charge in [0.1, 0.15) is 11.9 Å². The van der Waals surface area contributed by atoms with Crippen molar-refractivity contribution in [1.29, 1.82) is 0 Å². The topological polar surface area (TPSA) is 85.7 Å². The van der Waals surface area contributed by atoms with Gasteiger partial charge in [-0.3, -0.25) is 4.98 Å². The lowest BCUT2D eigenvalue weighted by Crippen LogP contribution is -2.43. The summed E-state index contributed by atoms with van der Waals surface area (Å²) in [6.45, 7) is 10.1. The van der Waals surface area contributed by atoms with Crippen LogP contribution in [0, 0.1) is 18.8 Å². The van der Waals surface area contributed by atoms with E-state index >= 15 is 0 Å². The zero-order chi connectivity index (χ0) is 29.2. The lowest BCUT2D eigenvalue weighted by atomic mass is 9.64. The van der Waals surface area contributed by atoms with Gasteiger partial charge in [-0.05, 0) is 98.2 Å². The SMILES string of the molecule is Cc1cc(C2(C)CCC(C(C)C)C(Oc3ccc(S(=O)(=O)CC(O)C=C4CCOCC4)cc3)C2)c2ccccc2n1. The van der Waals surface area contributed by atoms with Crippen LogP contribution >= 0.6 is 0 Å². The molecule has 6 nitrogen and oxygen atoms in total. The second-order valence-corrected chi connectivity index (χ2v) is 14.5. The van der Waals surface area contributed by atoms with Crippen LogP contribution in [0.2, 0.25) is 0 Å². The van der Waals surface area contributed by atoms with Crippen molar-refractivity contribution in [2.24, 2.45) is 11.8 Å². The normalized spacial score (nSPS) is 24.4. The van der Waals surface area contributed by atoms with Gasteiger partial charge in [0.25, 0.3) is 0 Å². The number of aliphatic hydroxyl groups excluding tert-OH is 1. The molecule has 2 fully saturated rings. The third kappa shape index (κ3) is 6.85. The van der Waals surface area contributed by atoms with Gasteiger partial charge < -0.3 is 14.6 Å². The Morgan fingerprint density at radius 3 is 2.54 bits per heavy atom. The number of nitrogens with zero attached hydrogens (tertiary/aromatic N) is 1. The molecule has 3 aromatic rings. The molecule has 2 aromatic carbocycles. The van der Waals surface area contributed by atoms with Gasteiger partial charge in [-0.25, -0.2) is 8.42 Å². The molecule has 0 amide bonds. The molecule has 1 aromatic heterocycles. The summed E-state index contributed by atoms with van der Waals surface area (Å²) in [5.41, 5.74) is 4.36. The highest BCUT2D eigenvalue weighted by Gasteiger charge is 2.42. The fraction of sp³-hybridized carbons (Fsp3) is 0.500. The Kier molecular flexibility index (Phi) is 8.88. The number of hydrogen-bond donors (Lipinski definition) is 1. The van der Waals surface area contributed by atoms with E-state index in [1.165, 1.54) is 10.9 Å². The van der Waals surface area contributed by atoms with Crippen molar-refractivity contribution in [3.63, 3.8) is 0 Å². The van der Waals surface area contributed by atoms with Crippen LogP contribution < -0.4 is 4.74 Å². The number of aryl methyl sites for hydroxylation is 1. The number of aliphatic hydroxyl groups is 1. The molecule has 1 aliphatic heterocycles. The van der Waals surface area contributed by atoms with Gasteiger partial charge in [-0.1, -0.05) is 50.6 Å². The summed E-state index contributed by atoms with van der Waals surface area (Å²) in [7, 11) is -3.65. The molecule has 1 N–H and O–H groups in total. The number of aromatic nitrogens is 1. The molecule has 7 heteroatoms. The first-order valence-corrected chi connectivity index (χ1v) is 16.5. The molecular formula is C34H43NO5S. The number of ether oxygens (including phenoxy) is 2. The molecule has 1 aliphatic carbocycles. The van der Waals surface area contributed by atoms with Crippen molar-refractivity contribution in [3.05, 3.63) is 77.5 Å². The van der Waals surface area contributed by atoms with Crippen molar-refractivity contribution < 1.29 is 23.0 Å². The molecule has 0 spiro atoms. The average Bonchev–Trinajstić information content (AvgIpc) is 2.93. The highest BCUT2D eigenvalue weighted by atomic mass is 32.2. The fourth-order valence-electron chi connectivity index (χ4n) is 6.65. The number of hydrogen-bond acceptors (Lipinski definition) is 6. The maximum Gasteiger partial charge on any atom is 0.181 e. The molecule has 0 bridgehead atoms. The number of sulfone groups is 1. The highest BCUT2D eigenvalue weighted by Crippen LogP contribution is 2.46. The largest absolute Gasteiger partial charge is 0.490 e. The Bertz CT molecular complexity index is 1490. The fourth-order valence-corrected chi connectivity index (χ4v) is 7.94. The maximum absolute atomic E-state index is 13.0. The smallest absolute Gasteiger partial charge is 0.181 e. The molecule has 41 heavy (non-hydrogen) atoms. The van der Waals surface area contributed by atoms with Crippen molar-refractivity contribution in [2.45, 2.75) is 82.3 Å². The van der Waals surface area contributed by atoms with Crippen LogP contribution in [0.1, 0.15) is 64.1 Å². The molecule has 4 atom stereocenters. The standard InChI is InChI=1S/C34H43NO5S/c1-23(2)29-13-16-34(4,31-19-24(3)35-32-8-6-5-7-30(31)32)21-33(29)40-27-9-11-28(12-10-27)41(37,38)22-26(36)20-25-14-17-39-18-15-25/h5-12,19-20,23,26,29,33,36H,13-18,21-22H2,1-4H3. The summed E-state index contributed by atoms with van der Waals surface area (Å²) in [5, 5.41) is 11.7. The van der Waals surface area contributed by atoms with Gasteiger partial charge in [0, 0.05) is 11.1 Å². The van der Waals surface area contributed by atoms with E-state index in [1.807, 2.05) is 6.07 Å². The molecule has 5 rings (SSSR count). The number of fused-ring (bicyclic) bond motifs is 1. The van der Waals surface area contributed by atoms with E-state index in [0.717, 1.165) is 48.9 Å². The lowest BCUT2D eigenvalue weighted by Gasteiger charge is -2.44. The summed E-state index contributed by atoms with van der Waals surface area (Å²) in [5.74, 6) is 1.19. The van der Waals surface area contributed by atoms with Crippen LogP contribution in [-0.2, 0) is 20.0 Å². The van der Waals surface area contributed by atoms with Crippen LogP contribution in [0.25, 0.3) is 10.9 Å². The second-order valence-electron chi connectivity index (χ2n) is 12.5. The minimum atomic E-state index is -3.65. The summed E-state index contributed by atoms with van der Waals surface area (Å²) >= 11 is 0. The minimum Gasteiger partial charge on any atom is -0.490 e. The van der Waals surface area contributed by atoms with Crippen LogP contribution in [-0.4, -0.2) is 49.7 Å². The molecular weight excluding hydrogens is 534 g/mol. The number of benzene rings is 2. The third-order valence-electron chi connectivity index (χ3n) is 8.93. The predicted octanol–water partition coefficient (Wildman–Crippen LogP) is 6.58. The highest BCUT2D eigenvalue weighted by molar-refractivity contribution is 7.91. The Balaban J connectivity index is 1.33. The Hall–Kier alpha value is -2.74. The molecule has 0 radical (unpaired) electrons. The summed E-state index contributed by atoms with van der Waals surface area (Å²) in [4.78, 5) is 4.96. The van der Waals surface area contributed by atoms with E-state index in [-0.39, 0.29) is 22.2 Å². The first-order chi connectivity index (χ1) is 19.5. The number of para-hydroxylation sites is 1. The quantitative estimate of drug-likeness (QED) is 0.305. The van der Waals surface area contributed by atoms with Gasteiger partial charge in [0.2, 0.25) is 0 Å². The molecule has 1 saturated carbocycles. The first-order valence-electron chi connectivity index (χ1n) is 14.9. The van der Waals surface area contributed by atoms with Gasteiger partial charge in [-0.2, -0.15) is 0 Å². The van der Waals surface area contributed by atoms with Crippen LogP contribution in [0.4, 0.5) is 0 Å². The van der Waals surface area contributed by atoms with E-state index in [2.05, 4.69) is 52.0 Å². The second kappa shape index (κ2) is 12.2. The minimum absolute atomic E-state index is 0.00337. The number of rotatable bonds is 8. The van der Waals surface area contributed by atoms with Crippen LogP contribution in [0.3, 0.4) is 0 Å². The Morgan fingerprint density at radius 1 is 1.12 bits per heavy atom. The van der Waals surface area contributed by atoms with Crippen LogP contribution in [0.5, 0.6) is 5.75 Å². The van der Waals surface area contributed by atoms with Crippen molar-refractivity contribution in [2.75, 3.05) is 19.0 Å². The van der Waals surface area contributed by atoms with Crippen molar-refractivity contribution in [3.8, 4) is 5.75 Å². The Morgan fingerprint density at radius 2 is 1.83 bits per heavy atom. The molecule has 2 aliphatic rings. The van der Waals surface area contributed by atoms with Gasteiger partial charge in [0.15, 0.2) is 9.84 Å². The molecule has 1 saturated heterocycles. The third-order valence-corrected chi connectivity index (χ3v) is 10.7. The lowest BCUT2D eigenvalue weighted by molar-refractivity contribution is 0.0340. The van der Waals surface area contributed by atoms with E-state index in [9.17, 15) is 13.5 Å². The predicted molar refractivity (Wildman–Crippen MR) is 163 cm³/mol. The number of pyridine rings is 1. The average molecular weight is 578 g/mol. The summed E-state index contributed by atoms with van der Waals surface area (Å²) < 4.78 is 38.1. The molecule has 220 valence electrons. The van der Waals surface area contributed by atoms with E-state index < -0.39 is 15.9 Å². The van der Waals surface area contributed by atoms with Crippen LogP contribution in [0.15, 0.2) is 71.1 Å². The maximum atomic E-state index is 13.0. The zero-order valence-electron chi connectivity index (χ0n) is 24.7. The van der Waals surface area contributed by atoms with E-state index in [0.29, 0.717) is 30.8 Å². The van der Waals surface area contributed by atoms with Gasteiger partial charge >= 0.3 is 0 Å². The molecule has 2 heterocycles. The monoisotopic (exact) mass is 577 g/mol. The van der Waals surface area contributed by atoms with E-state index in [4.69, 9.17) is 14.5 Å². The molecule has 4 unspecified atom stereocenters. The van der Waals surface area contributed by atoms with E-state index in [1.54, 1.807) is 30.3 Å². The summed E-state index contributed by atoms with van der Waals surface area (Å²) in [6, 6.07) is 17.3. The zero-order valence-corrected chi connectivity index (χ0v) is 25.5. The van der Waals surface area contributed by atoms with Crippen molar-refractivity contribution >= 4 is 20.7 Å². The Labute approximate surface area is 244 Å². The van der Waals surface area contributed by atoms with Gasteiger partial charge in [-0.15, -0.1) is 0 Å². The summed E-state index contributed by atoms with van der Waals surface area (Å²) in [6.07, 6.45) is 5.11.